The average molecular weight is 270 g/mol. The topological polar surface area (TPSA) is 29.9 Å². The van der Waals surface area contributed by atoms with Crippen LogP contribution < -0.4 is 5.32 Å². The number of para-hydroxylation sites is 1. The molecular weight excluding hydrogens is 261 g/mol. The summed E-state index contributed by atoms with van der Waals surface area (Å²) in [5.41, 5.74) is 0.395. The van der Waals surface area contributed by atoms with Crippen LogP contribution >= 0.6 is 15.9 Å². The third-order valence-electron chi connectivity index (χ3n) is 2.02. The van der Waals surface area contributed by atoms with Gasteiger partial charge < -0.3 is 9.88 Å². The van der Waals surface area contributed by atoms with Crippen molar-refractivity contribution in [1.29, 1.82) is 0 Å². The lowest BCUT2D eigenvalue weighted by Gasteiger charge is -2.08. The third kappa shape index (κ3) is 2.02. The van der Waals surface area contributed by atoms with Crippen molar-refractivity contribution < 1.29 is 4.39 Å². The smallest absolute Gasteiger partial charge is 0.207 e. The van der Waals surface area contributed by atoms with Crippen molar-refractivity contribution in [3.63, 3.8) is 0 Å². The van der Waals surface area contributed by atoms with Crippen LogP contribution in [-0.4, -0.2) is 9.55 Å². The summed E-state index contributed by atoms with van der Waals surface area (Å²) in [7, 11) is 1.84. The fourth-order valence-electron chi connectivity index (χ4n) is 1.22. The lowest BCUT2D eigenvalue weighted by atomic mass is 10.3. The molecule has 1 N–H and O–H groups in total. The van der Waals surface area contributed by atoms with E-state index in [9.17, 15) is 4.39 Å². The first-order chi connectivity index (χ1) is 7.18. The van der Waals surface area contributed by atoms with Crippen molar-refractivity contribution in [2.24, 2.45) is 7.05 Å². The normalized spacial score (nSPS) is 10.3. The molecule has 0 aliphatic carbocycles. The van der Waals surface area contributed by atoms with Crippen molar-refractivity contribution in [2.45, 2.75) is 0 Å². The van der Waals surface area contributed by atoms with E-state index in [0.29, 0.717) is 16.1 Å². The molecule has 15 heavy (non-hydrogen) atoms. The maximum atomic E-state index is 13.4. The van der Waals surface area contributed by atoms with Crippen LogP contribution in [0.2, 0.25) is 0 Å². The first-order valence-electron chi connectivity index (χ1n) is 4.37. The summed E-state index contributed by atoms with van der Waals surface area (Å²) >= 11 is 3.28. The molecule has 2 aromatic rings. The highest BCUT2D eigenvalue weighted by atomic mass is 79.9. The Morgan fingerprint density at radius 2 is 2.27 bits per heavy atom. The van der Waals surface area contributed by atoms with E-state index in [1.165, 1.54) is 6.07 Å². The lowest BCUT2D eigenvalue weighted by Crippen LogP contribution is -2.01. The zero-order valence-electron chi connectivity index (χ0n) is 8.04. The van der Waals surface area contributed by atoms with Gasteiger partial charge in [-0.25, -0.2) is 9.37 Å². The second-order valence-corrected chi connectivity index (χ2v) is 3.94. The summed E-state index contributed by atoms with van der Waals surface area (Å²) in [6.45, 7) is 0. The number of imidazole rings is 1. The minimum Gasteiger partial charge on any atom is -0.322 e. The van der Waals surface area contributed by atoms with Crippen LogP contribution in [-0.2, 0) is 7.05 Å². The van der Waals surface area contributed by atoms with Gasteiger partial charge in [0.25, 0.3) is 0 Å². The maximum absolute atomic E-state index is 13.4. The second-order valence-electron chi connectivity index (χ2n) is 3.08. The number of halogens is 2. The molecule has 1 heterocycles. The SMILES string of the molecule is Cn1ccnc1Nc1c(F)cccc1Br. The fourth-order valence-corrected chi connectivity index (χ4v) is 1.66. The largest absolute Gasteiger partial charge is 0.322 e. The second kappa shape index (κ2) is 4.02. The molecule has 0 aliphatic rings. The molecular formula is C10H9BrFN3. The van der Waals surface area contributed by atoms with E-state index in [0.717, 1.165) is 0 Å². The van der Waals surface area contributed by atoms with Crippen molar-refractivity contribution >= 4 is 27.6 Å². The van der Waals surface area contributed by atoms with E-state index < -0.39 is 0 Å². The fraction of sp³-hybridized carbons (Fsp3) is 0.100. The van der Waals surface area contributed by atoms with Gasteiger partial charge in [0, 0.05) is 23.9 Å². The van der Waals surface area contributed by atoms with Crippen LogP contribution in [0.15, 0.2) is 35.1 Å². The molecule has 0 radical (unpaired) electrons. The molecule has 78 valence electrons. The Labute approximate surface area is 95.1 Å². The number of rotatable bonds is 2. The van der Waals surface area contributed by atoms with Gasteiger partial charge in [0.15, 0.2) is 0 Å². The number of aromatic nitrogens is 2. The van der Waals surface area contributed by atoms with E-state index in [1.54, 1.807) is 29.1 Å². The Morgan fingerprint density at radius 3 is 2.87 bits per heavy atom. The summed E-state index contributed by atoms with van der Waals surface area (Å²) in [6.07, 6.45) is 3.44. The molecule has 3 nitrogen and oxygen atoms in total. The molecule has 0 aliphatic heterocycles. The van der Waals surface area contributed by atoms with Gasteiger partial charge in [-0.2, -0.15) is 0 Å². The van der Waals surface area contributed by atoms with Gasteiger partial charge in [0.1, 0.15) is 5.82 Å². The van der Waals surface area contributed by atoms with E-state index in [1.807, 2.05) is 7.05 Å². The Hall–Kier alpha value is -1.36. The highest BCUT2D eigenvalue weighted by Gasteiger charge is 2.08. The highest BCUT2D eigenvalue weighted by Crippen LogP contribution is 2.27. The van der Waals surface area contributed by atoms with Crippen molar-refractivity contribution in [3.8, 4) is 0 Å². The van der Waals surface area contributed by atoms with Crippen LogP contribution in [0.3, 0.4) is 0 Å². The summed E-state index contributed by atoms with van der Waals surface area (Å²) in [6, 6.07) is 4.81. The van der Waals surface area contributed by atoms with Gasteiger partial charge in [0.2, 0.25) is 5.95 Å². The molecule has 0 bridgehead atoms. The molecule has 0 saturated heterocycles. The van der Waals surface area contributed by atoms with Crippen molar-refractivity contribution in [3.05, 3.63) is 40.9 Å². The summed E-state index contributed by atoms with van der Waals surface area (Å²) in [5.74, 6) is 0.285. The van der Waals surface area contributed by atoms with Crippen LogP contribution in [0.4, 0.5) is 16.0 Å². The van der Waals surface area contributed by atoms with E-state index in [-0.39, 0.29) is 5.82 Å². The number of hydrogen-bond donors (Lipinski definition) is 1. The Morgan fingerprint density at radius 1 is 1.47 bits per heavy atom. The lowest BCUT2D eigenvalue weighted by molar-refractivity contribution is 0.630. The maximum Gasteiger partial charge on any atom is 0.207 e. The predicted molar refractivity (Wildman–Crippen MR) is 60.6 cm³/mol. The summed E-state index contributed by atoms with van der Waals surface area (Å²) < 4.78 is 15.9. The third-order valence-corrected chi connectivity index (χ3v) is 2.68. The molecule has 5 heteroatoms. The number of anilines is 2. The Balaban J connectivity index is 2.36. The number of nitrogens with one attached hydrogen (secondary N) is 1. The molecule has 0 unspecified atom stereocenters. The zero-order chi connectivity index (χ0) is 10.8. The summed E-state index contributed by atoms with van der Waals surface area (Å²) in [5, 5.41) is 2.92. The molecule has 1 aromatic heterocycles. The van der Waals surface area contributed by atoms with Crippen molar-refractivity contribution in [2.75, 3.05) is 5.32 Å². The van der Waals surface area contributed by atoms with Gasteiger partial charge in [-0.15, -0.1) is 0 Å². The standard InChI is InChI=1S/C10H9BrFN3/c1-15-6-5-13-10(15)14-9-7(11)3-2-4-8(9)12/h2-6H,1H3,(H,13,14). The first-order valence-corrected chi connectivity index (χ1v) is 5.16. The molecule has 2 rings (SSSR count). The van der Waals surface area contributed by atoms with Gasteiger partial charge >= 0.3 is 0 Å². The van der Waals surface area contributed by atoms with Gasteiger partial charge in [-0.1, -0.05) is 6.07 Å². The number of nitrogens with zero attached hydrogens (tertiary/aromatic N) is 2. The number of aryl methyl sites for hydroxylation is 1. The Bertz CT molecular complexity index is 461. The van der Waals surface area contributed by atoms with Crippen LogP contribution in [0.5, 0.6) is 0 Å². The molecule has 0 atom stereocenters. The summed E-state index contributed by atoms with van der Waals surface area (Å²) in [4.78, 5) is 4.06. The van der Waals surface area contributed by atoms with Crippen molar-refractivity contribution in [1.82, 2.24) is 9.55 Å². The van der Waals surface area contributed by atoms with E-state index in [4.69, 9.17) is 0 Å². The monoisotopic (exact) mass is 269 g/mol. The van der Waals surface area contributed by atoms with Crippen LogP contribution in [0.1, 0.15) is 0 Å². The number of hydrogen-bond acceptors (Lipinski definition) is 2. The highest BCUT2D eigenvalue weighted by molar-refractivity contribution is 9.10. The molecule has 0 fully saturated rings. The minimum atomic E-state index is -0.313. The van der Waals surface area contributed by atoms with E-state index in [2.05, 4.69) is 26.2 Å². The number of benzene rings is 1. The van der Waals surface area contributed by atoms with Gasteiger partial charge in [0.05, 0.1) is 5.69 Å². The quantitative estimate of drug-likeness (QED) is 0.908. The molecule has 0 spiro atoms. The molecule has 1 aromatic carbocycles. The molecule has 0 saturated carbocycles. The average Bonchev–Trinajstić information content (AvgIpc) is 2.58. The Kier molecular flexibility index (Phi) is 2.73. The minimum absolute atomic E-state index is 0.313. The van der Waals surface area contributed by atoms with Gasteiger partial charge in [-0.05, 0) is 28.1 Å². The zero-order valence-corrected chi connectivity index (χ0v) is 9.62. The van der Waals surface area contributed by atoms with E-state index >= 15 is 0 Å². The molecule has 0 amide bonds. The van der Waals surface area contributed by atoms with Gasteiger partial charge in [-0.3, -0.25) is 0 Å². The predicted octanol–water partition coefficient (Wildman–Crippen LogP) is 3.07. The van der Waals surface area contributed by atoms with Crippen LogP contribution in [0, 0.1) is 5.82 Å². The first kappa shape index (κ1) is 10.2. The van der Waals surface area contributed by atoms with Crippen LogP contribution in [0.25, 0.3) is 0 Å².